The first-order valence-corrected chi connectivity index (χ1v) is 12.9. The van der Waals surface area contributed by atoms with Crippen molar-refractivity contribution in [3.63, 3.8) is 0 Å². The normalized spacial score (nSPS) is 17.1. The zero-order chi connectivity index (χ0) is 24.2. The number of anilines is 3. The van der Waals surface area contributed by atoms with Crippen molar-refractivity contribution >= 4 is 37.8 Å². The highest BCUT2D eigenvalue weighted by atomic mass is 32.2. The minimum atomic E-state index is -3.71. The molecule has 0 aliphatic carbocycles. The summed E-state index contributed by atoms with van der Waals surface area (Å²) in [5, 5.41) is 0.263. The Morgan fingerprint density at radius 3 is 2.66 bits per heavy atom. The fraction of sp³-hybridized carbons (Fsp3) is 0.240. The van der Waals surface area contributed by atoms with Crippen LogP contribution in [0.25, 0.3) is 22.3 Å². The summed E-state index contributed by atoms with van der Waals surface area (Å²) in [4.78, 5) is 17.2. The summed E-state index contributed by atoms with van der Waals surface area (Å²) in [6, 6.07) is 12.0. The van der Waals surface area contributed by atoms with E-state index in [2.05, 4.69) is 14.9 Å². The maximum Gasteiger partial charge on any atom is 0.216 e. The highest BCUT2D eigenvalue weighted by Crippen LogP contribution is 2.45. The van der Waals surface area contributed by atoms with Crippen molar-refractivity contribution in [3.05, 3.63) is 66.2 Å². The Morgan fingerprint density at radius 1 is 1.06 bits per heavy atom. The van der Waals surface area contributed by atoms with Crippen molar-refractivity contribution in [1.82, 2.24) is 15.0 Å². The maximum absolute atomic E-state index is 15.3. The SMILES string of the molecule is Cc1c(-c2ccccn2)nc2cccc(F)c2c1N1CS(=O)(=O)c2ncc(N3CCOCC3)cc21. The van der Waals surface area contributed by atoms with E-state index < -0.39 is 15.7 Å². The van der Waals surface area contributed by atoms with E-state index in [1.54, 1.807) is 29.4 Å². The summed E-state index contributed by atoms with van der Waals surface area (Å²) in [5.74, 6) is -0.804. The first kappa shape index (κ1) is 21.9. The molecule has 10 heteroatoms. The van der Waals surface area contributed by atoms with Crippen LogP contribution in [0.4, 0.5) is 21.5 Å². The van der Waals surface area contributed by atoms with Gasteiger partial charge in [0.2, 0.25) is 9.84 Å². The van der Waals surface area contributed by atoms with Crippen molar-refractivity contribution in [3.8, 4) is 11.4 Å². The number of pyridine rings is 3. The summed E-state index contributed by atoms with van der Waals surface area (Å²) < 4.78 is 47.0. The number of rotatable bonds is 3. The highest BCUT2D eigenvalue weighted by molar-refractivity contribution is 7.92. The van der Waals surface area contributed by atoms with Gasteiger partial charge < -0.3 is 14.5 Å². The summed E-state index contributed by atoms with van der Waals surface area (Å²) in [5.41, 5.74) is 3.95. The lowest BCUT2D eigenvalue weighted by molar-refractivity contribution is 0.122. The first-order chi connectivity index (χ1) is 16.9. The number of hydrogen-bond donors (Lipinski definition) is 0. The number of benzene rings is 1. The number of ether oxygens (including phenoxy) is 1. The molecule has 0 unspecified atom stereocenters. The van der Waals surface area contributed by atoms with Crippen molar-refractivity contribution in [1.29, 1.82) is 0 Å². The van der Waals surface area contributed by atoms with E-state index in [1.165, 1.54) is 6.07 Å². The van der Waals surface area contributed by atoms with Crippen LogP contribution in [0.3, 0.4) is 0 Å². The predicted octanol–water partition coefficient (Wildman–Crippen LogP) is 3.86. The van der Waals surface area contributed by atoms with Crippen molar-refractivity contribution < 1.29 is 17.5 Å². The van der Waals surface area contributed by atoms with E-state index >= 15 is 4.39 Å². The number of nitrogens with zero attached hydrogens (tertiary/aromatic N) is 5. The molecular formula is C25H22FN5O3S. The fourth-order valence-electron chi connectivity index (χ4n) is 4.78. The summed E-state index contributed by atoms with van der Waals surface area (Å²) in [6.45, 7) is 4.37. The number of hydrogen-bond acceptors (Lipinski definition) is 8. The highest BCUT2D eigenvalue weighted by Gasteiger charge is 2.38. The van der Waals surface area contributed by atoms with Gasteiger partial charge in [-0.15, -0.1) is 0 Å². The van der Waals surface area contributed by atoms with Crippen molar-refractivity contribution in [2.75, 3.05) is 42.0 Å². The molecule has 1 saturated heterocycles. The van der Waals surface area contributed by atoms with Gasteiger partial charge >= 0.3 is 0 Å². The first-order valence-electron chi connectivity index (χ1n) is 11.3. The van der Waals surface area contributed by atoms with E-state index in [0.717, 1.165) is 5.69 Å². The quantitative estimate of drug-likeness (QED) is 0.427. The standard InChI is InChI=1S/C25H22FN5O3S/c1-16-23(20-6-2-3-8-27-20)29-19-7-4-5-18(26)22(19)24(16)31-15-35(32,33)25-21(31)13-17(14-28-25)30-9-11-34-12-10-30/h2-8,13-14H,9-12,15H2,1H3. The van der Waals surface area contributed by atoms with E-state index in [4.69, 9.17) is 9.72 Å². The van der Waals surface area contributed by atoms with Gasteiger partial charge in [-0.3, -0.25) is 4.98 Å². The lowest BCUT2D eigenvalue weighted by atomic mass is 10.0. The van der Waals surface area contributed by atoms with Gasteiger partial charge in [0.25, 0.3) is 0 Å². The molecule has 1 fully saturated rings. The molecule has 0 N–H and O–H groups in total. The molecule has 2 aliphatic heterocycles. The smallest absolute Gasteiger partial charge is 0.216 e. The summed E-state index contributed by atoms with van der Waals surface area (Å²) in [6.07, 6.45) is 3.25. The number of morpholine rings is 1. The average Bonchev–Trinajstić information content (AvgIpc) is 3.15. The summed E-state index contributed by atoms with van der Waals surface area (Å²) in [7, 11) is -3.71. The second-order valence-electron chi connectivity index (χ2n) is 8.57. The van der Waals surface area contributed by atoms with Gasteiger partial charge in [0.15, 0.2) is 5.03 Å². The van der Waals surface area contributed by atoms with Crippen LogP contribution in [0.15, 0.2) is 59.9 Å². The van der Waals surface area contributed by atoms with Gasteiger partial charge in [0.1, 0.15) is 11.7 Å². The van der Waals surface area contributed by atoms with Crippen LogP contribution in [0, 0.1) is 12.7 Å². The Morgan fingerprint density at radius 2 is 1.89 bits per heavy atom. The van der Waals surface area contributed by atoms with E-state index in [-0.39, 0.29) is 16.3 Å². The van der Waals surface area contributed by atoms with E-state index in [9.17, 15) is 8.42 Å². The van der Waals surface area contributed by atoms with Crippen LogP contribution in [0.5, 0.6) is 0 Å². The fourth-order valence-corrected chi connectivity index (χ4v) is 6.21. The molecule has 0 saturated carbocycles. The van der Waals surface area contributed by atoms with Crippen LogP contribution in [-0.2, 0) is 14.6 Å². The number of sulfone groups is 1. The molecule has 0 amide bonds. The third-order valence-corrected chi connectivity index (χ3v) is 7.93. The van der Waals surface area contributed by atoms with E-state index in [0.29, 0.717) is 60.1 Å². The van der Waals surface area contributed by atoms with Crippen LogP contribution in [-0.4, -0.2) is 55.5 Å². The molecule has 0 bridgehead atoms. The molecular weight excluding hydrogens is 469 g/mol. The molecule has 178 valence electrons. The molecule has 0 radical (unpaired) electrons. The van der Waals surface area contributed by atoms with Gasteiger partial charge in [-0.25, -0.2) is 22.8 Å². The second-order valence-corrected chi connectivity index (χ2v) is 10.4. The lowest BCUT2D eigenvalue weighted by Gasteiger charge is -2.29. The molecule has 0 atom stereocenters. The lowest BCUT2D eigenvalue weighted by Crippen LogP contribution is -2.36. The van der Waals surface area contributed by atoms with Gasteiger partial charge in [0, 0.05) is 24.8 Å². The average molecular weight is 492 g/mol. The third-order valence-electron chi connectivity index (χ3n) is 6.43. The number of halogens is 1. The molecule has 2 aliphatic rings. The van der Waals surface area contributed by atoms with Gasteiger partial charge in [-0.05, 0) is 37.3 Å². The second kappa shape index (κ2) is 8.24. The van der Waals surface area contributed by atoms with Gasteiger partial charge in [-0.2, -0.15) is 0 Å². The Labute approximate surface area is 201 Å². The van der Waals surface area contributed by atoms with Crippen LogP contribution >= 0.6 is 0 Å². The Balaban J connectivity index is 1.61. The molecule has 6 rings (SSSR count). The maximum atomic E-state index is 15.3. The molecule has 3 aromatic heterocycles. The minimum Gasteiger partial charge on any atom is -0.378 e. The number of aromatic nitrogens is 3. The Hall–Kier alpha value is -3.63. The predicted molar refractivity (Wildman–Crippen MR) is 131 cm³/mol. The van der Waals surface area contributed by atoms with Gasteiger partial charge in [-0.1, -0.05) is 12.1 Å². The number of fused-ring (bicyclic) bond motifs is 2. The van der Waals surface area contributed by atoms with Gasteiger partial charge in [0.05, 0.1) is 58.8 Å². The monoisotopic (exact) mass is 491 g/mol. The van der Waals surface area contributed by atoms with Crippen LogP contribution < -0.4 is 9.80 Å². The topological polar surface area (TPSA) is 88.5 Å². The van der Waals surface area contributed by atoms with Crippen molar-refractivity contribution in [2.24, 2.45) is 0 Å². The Kier molecular flexibility index (Phi) is 5.15. The van der Waals surface area contributed by atoms with Crippen LogP contribution in [0.1, 0.15) is 5.56 Å². The largest absolute Gasteiger partial charge is 0.378 e. The van der Waals surface area contributed by atoms with Crippen molar-refractivity contribution in [2.45, 2.75) is 11.9 Å². The molecule has 35 heavy (non-hydrogen) atoms. The molecule has 5 heterocycles. The third kappa shape index (κ3) is 3.60. The van der Waals surface area contributed by atoms with E-state index in [1.807, 2.05) is 31.2 Å². The molecule has 4 aromatic rings. The zero-order valence-electron chi connectivity index (χ0n) is 19.0. The summed E-state index contributed by atoms with van der Waals surface area (Å²) >= 11 is 0. The zero-order valence-corrected chi connectivity index (χ0v) is 19.8. The molecule has 0 spiro atoms. The minimum absolute atomic E-state index is 0.00500. The Bertz CT molecular complexity index is 1560. The van der Waals surface area contributed by atoms with Crippen LogP contribution in [0.2, 0.25) is 0 Å². The molecule has 1 aromatic carbocycles. The molecule has 8 nitrogen and oxygen atoms in total.